The molecule has 1 aliphatic carbocycles. The Morgan fingerprint density at radius 2 is 1.95 bits per heavy atom. The lowest BCUT2D eigenvalue weighted by Crippen LogP contribution is -2.44. The summed E-state index contributed by atoms with van der Waals surface area (Å²) < 4.78 is 1.36. The maximum atomic E-state index is 12.9. The van der Waals surface area contributed by atoms with E-state index in [4.69, 9.17) is 0 Å². The van der Waals surface area contributed by atoms with E-state index in [-0.39, 0.29) is 16.7 Å². The first-order valence-corrected chi connectivity index (χ1v) is 7.91. The van der Waals surface area contributed by atoms with Gasteiger partial charge in [-0.3, -0.25) is 9.36 Å². The minimum absolute atomic E-state index is 0.133. The lowest BCUT2D eigenvalue weighted by Gasteiger charge is -2.33. The Hall–Kier alpha value is -2.10. The van der Waals surface area contributed by atoms with Crippen LogP contribution in [0.4, 0.5) is 0 Å². The predicted molar refractivity (Wildman–Crippen MR) is 88.4 cm³/mol. The lowest BCUT2D eigenvalue weighted by molar-refractivity contribution is 0.486. The highest BCUT2D eigenvalue weighted by Crippen LogP contribution is 2.39. The van der Waals surface area contributed by atoms with Crippen LogP contribution in [0.2, 0.25) is 0 Å². The van der Waals surface area contributed by atoms with Crippen molar-refractivity contribution in [2.75, 3.05) is 0 Å². The average molecular weight is 298 g/mol. The molecule has 1 N–H and O–H groups in total. The molecule has 0 fully saturated rings. The van der Waals surface area contributed by atoms with Crippen LogP contribution in [0.3, 0.4) is 0 Å². The van der Waals surface area contributed by atoms with Crippen molar-refractivity contribution in [3.63, 3.8) is 0 Å². The summed E-state index contributed by atoms with van der Waals surface area (Å²) in [4.78, 5) is 28.2. The van der Waals surface area contributed by atoms with E-state index in [1.165, 1.54) is 10.1 Å². The van der Waals surface area contributed by atoms with Gasteiger partial charge in [-0.2, -0.15) is 0 Å². The second-order valence-electron chi connectivity index (χ2n) is 6.71. The number of unbranched alkanes of at least 4 members (excludes halogenated alkanes) is 1. The molecule has 4 nitrogen and oxygen atoms in total. The summed E-state index contributed by atoms with van der Waals surface area (Å²) in [5.74, 6) is 0. The molecule has 0 unspecified atom stereocenters. The van der Waals surface area contributed by atoms with E-state index in [1.54, 1.807) is 0 Å². The Morgan fingerprint density at radius 1 is 1.23 bits per heavy atom. The molecule has 22 heavy (non-hydrogen) atoms. The van der Waals surface area contributed by atoms with Crippen LogP contribution in [0.15, 0.2) is 33.9 Å². The molecule has 0 aliphatic heterocycles. The fourth-order valence-corrected chi connectivity index (χ4v) is 3.40. The van der Waals surface area contributed by atoms with Gasteiger partial charge in [0, 0.05) is 23.1 Å². The monoisotopic (exact) mass is 298 g/mol. The number of benzene rings is 1. The van der Waals surface area contributed by atoms with Crippen molar-refractivity contribution in [2.45, 2.75) is 52.0 Å². The fraction of sp³-hybridized carbons (Fsp3) is 0.444. The van der Waals surface area contributed by atoms with Crippen LogP contribution in [0, 0.1) is 0 Å². The predicted octanol–water partition coefficient (Wildman–Crippen LogP) is 2.84. The van der Waals surface area contributed by atoms with Gasteiger partial charge in [0.2, 0.25) is 0 Å². The van der Waals surface area contributed by atoms with Crippen molar-refractivity contribution in [3.05, 3.63) is 56.2 Å². The summed E-state index contributed by atoms with van der Waals surface area (Å²) in [7, 11) is 0. The molecule has 0 spiro atoms. The SMILES string of the molecule is CCCCn1c(=O)[nH]c2c(c1=O)C(C)(C)Cc1ccccc1-2. The Kier molecular flexibility index (Phi) is 3.55. The molecule has 0 bridgehead atoms. The number of rotatable bonds is 3. The molecule has 0 atom stereocenters. The van der Waals surface area contributed by atoms with Gasteiger partial charge in [0.1, 0.15) is 0 Å². The van der Waals surface area contributed by atoms with Crippen molar-refractivity contribution in [2.24, 2.45) is 0 Å². The number of hydrogen-bond acceptors (Lipinski definition) is 2. The fourth-order valence-electron chi connectivity index (χ4n) is 3.40. The lowest BCUT2D eigenvalue weighted by atomic mass is 9.72. The first-order valence-electron chi connectivity index (χ1n) is 7.91. The summed E-state index contributed by atoms with van der Waals surface area (Å²) in [5, 5.41) is 0. The number of H-pyrrole nitrogens is 1. The molecule has 1 aliphatic rings. The summed E-state index contributed by atoms with van der Waals surface area (Å²) in [6.07, 6.45) is 2.60. The van der Waals surface area contributed by atoms with Crippen molar-refractivity contribution in [3.8, 4) is 11.3 Å². The molecule has 0 saturated heterocycles. The van der Waals surface area contributed by atoms with Gasteiger partial charge in [0.05, 0.1) is 5.69 Å². The molecule has 1 heterocycles. The highest BCUT2D eigenvalue weighted by molar-refractivity contribution is 5.71. The summed E-state index contributed by atoms with van der Waals surface area (Å²) in [6.45, 7) is 6.69. The van der Waals surface area contributed by atoms with Crippen molar-refractivity contribution in [1.82, 2.24) is 9.55 Å². The number of hydrogen-bond donors (Lipinski definition) is 1. The van der Waals surface area contributed by atoms with Crippen LogP contribution >= 0.6 is 0 Å². The van der Waals surface area contributed by atoms with Gasteiger partial charge in [0.25, 0.3) is 5.56 Å². The van der Waals surface area contributed by atoms with Gasteiger partial charge in [-0.05, 0) is 18.4 Å². The maximum absolute atomic E-state index is 12.9. The molecule has 2 aromatic rings. The summed E-state index contributed by atoms with van der Waals surface area (Å²) >= 11 is 0. The molecule has 4 heteroatoms. The second-order valence-corrected chi connectivity index (χ2v) is 6.71. The van der Waals surface area contributed by atoms with Crippen LogP contribution in [0.5, 0.6) is 0 Å². The van der Waals surface area contributed by atoms with Crippen LogP contribution in [0.25, 0.3) is 11.3 Å². The molecule has 0 saturated carbocycles. The minimum atomic E-state index is -0.301. The first-order chi connectivity index (χ1) is 10.5. The van der Waals surface area contributed by atoms with Crippen molar-refractivity contribution < 1.29 is 0 Å². The van der Waals surface area contributed by atoms with Gasteiger partial charge < -0.3 is 4.98 Å². The standard InChI is InChI=1S/C18H22N2O2/c1-4-5-10-20-16(21)14-15(19-17(20)22)13-9-7-6-8-12(13)11-18(14,2)3/h6-9H,4-5,10-11H2,1-3H3,(H,19,22). The Balaban J connectivity index is 2.31. The van der Waals surface area contributed by atoms with Gasteiger partial charge in [-0.25, -0.2) is 4.79 Å². The number of nitrogens with zero attached hydrogens (tertiary/aromatic N) is 1. The Bertz CT molecular complexity index is 828. The Labute approximate surface area is 129 Å². The molecule has 0 amide bonds. The molecule has 3 rings (SSSR count). The molecule has 116 valence electrons. The van der Waals surface area contributed by atoms with E-state index in [9.17, 15) is 9.59 Å². The highest BCUT2D eigenvalue weighted by atomic mass is 16.2. The Morgan fingerprint density at radius 3 is 2.68 bits per heavy atom. The van der Waals surface area contributed by atoms with Crippen LogP contribution in [-0.4, -0.2) is 9.55 Å². The van der Waals surface area contributed by atoms with E-state index in [0.717, 1.165) is 30.4 Å². The molecule has 0 radical (unpaired) electrons. The van der Waals surface area contributed by atoms with Crippen molar-refractivity contribution in [1.29, 1.82) is 0 Å². The third-order valence-corrected chi connectivity index (χ3v) is 4.52. The van der Waals surface area contributed by atoms with Crippen LogP contribution < -0.4 is 11.2 Å². The first kappa shape index (κ1) is 14.8. The van der Waals surface area contributed by atoms with Gasteiger partial charge >= 0.3 is 5.69 Å². The molecular formula is C18H22N2O2. The largest absolute Gasteiger partial charge is 0.328 e. The maximum Gasteiger partial charge on any atom is 0.328 e. The average Bonchev–Trinajstić information content (AvgIpc) is 2.45. The number of aromatic amines is 1. The van der Waals surface area contributed by atoms with Crippen molar-refractivity contribution >= 4 is 0 Å². The zero-order chi connectivity index (χ0) is 15.9. The third-order valence-electron chi connectivity index (χ3n) is 4.52. The zero-order valence-electron chi connectivity index (χ0n) is 13.4. The summed E-state index contributed by atoms with van der Waals surface area (Å²) in [5.41, 5.74) is 2.89. The van der Waals surface area contributed by atoms with Gasteiger partial charge in [-0.15, -0.1) is 0 Å². The number of fused-ring (bicyclic) bond motifs is 3. The topological polar surface area (TPSA) is 54.9 Å². The normalized spacial score (nSPS) is 15.2. The van der Waals surface area contributed by atoms with Gasteiger partial charge in [0.15, 0.2) is 0 Å². The molecular weight excluding hydrogens is 276 g/mol. The number of nitrogens with one attached hydrogen (secondary N) is 1. The van der Waals surface area contributed by atoms with E-state index >= 15 is 0 Å². The van der Waals surface area contributed by atoms with Crippen LogP contribution in [0.1, 0.15) is 44.7 Å². The van der Waals surface area contributed by atoms with E-state index in [2.05, 4.69) is 31.8 Å². The second kappa shape index (κ2) is 5.27. The van der Waals surface area contributed by atoms with E-state index in [0.29, 0.717) is 12.2 Å². The van der Waals surface area contributed by atoms with E-state index in [1.807, 2.05) is 18.2 Å². The summed E-state index contributed by atoms with van der Waals surface area (Å²) in [6, 6.07) is 8.00. The van der Waals surface area contributed by atoms with Crippen LogP contribution in [-0.2, 0) is 18.4 Å². The van der Waals surface area contributed by atoms with E-state index < -0.39 is 0 Å². The number of aromatic nitrogens is 2. The third kappa shape index (κ3) is 2.23. The van der Waals surface area contributed by atoms with Gasteiger partial charge in [-0.1, -0.05) is 51.5 Å². The smallest absolute Gasteiger partial charge is 0.306 e. The highest BCUT2D eigenvalue weighted by Gasteiger charge is 2.35. The minimum Gasteiger partial charge on any atom is -0.306 e. The zero-order valence-corrected chi connectivity index (χ0v) is 13.4. The molecule has 1 aromatic carbocycles. The molecule has 1 aromatic heterocycles. The quantitative estimate of drug-likeness (QED) is 0.947.